The Hall–Kier alpha value is -1.67. The highest BCUT2D eigenvalue weighted by molar-refractivity contribution is 5.50. The van der Waals surface area contributed by atoms with Crippen LogP contribution in [0.15, 0.2) is 0 Å². The summed E-state index contributed by atoms with van der Waals surface area (Å²) in [5.41, 5.74) is 6.62. The van der Waals surface area contributed by atoms with Crippen molar-refractivity contribution in [1.29, 1.82) is 5.26 Å². The van der Waals surface area contributed by atoms with E-state index in [0.717, 1.165) is 0 Å². The van der Waals surface area contributed by atoms with Crippen molar-refractivity contribution in [2.75, 3.05) is 19.8 Å². The molecule has 0 aliphatic carbocycles. The smallest absolute Gasteiger partial charge is 0.145 e. The predicted molar refractivity (Wildman–Crippen MR) is 53.3 cm³/mol. The SMILES string of the molecule is Cc1nc(CN(C)C)nc(N)c1C#N. The molecule has 0 saturated heterocycles. The van der Waals surface area contributed by atoms with Gasteiger partial charge in [-0.25, -0.2) is 9.97 Å². The number of aryl methyl sites for hydroxylation is 1. The first-order valence-corrected chi connectivity index (χ1v) is 4.22. The van der Waals surface area contributed by atoms with Crippen molar-refractivity contribution in [3.63, 3.8) is 0 Å². The van der Waals surface area contributed by atoms with Crippen LogP contribution in [0.25, 0.3) is 0 Å². The zero-order valence-electron chi connectivity index (χ0n) is 8.57. The van der Waals surface area contributed by atoms with Gasteiger partial charge >= 0.3 is 0 Å². The van der Waals surface area contributed by atoms with Crippen LogP contribution in [0.4, 0.5) is 5.82 Å². The van der Waals surface area contributed by atoms with E-state index in [0.29, 0.717) is 23.6 Å². The molecule has 0 radical (unpaired) electrons. The van der Waals surface area contributed by atoms with Crippen LogP contribution < -0.4 is 5.73 Å². The Kier molecular flexibility index (Phi) is 2.99. The average molecular weight is 191 g/mol. The van der Waals surface area contributed by atoms with E-state index in [9.17, 15) is 0 Å². The number of anilines is 1. The summed E-state index contributed by atoms with van der Waals surface area (Å²) in [5, 5.41) is 8.75. The van der Waals surface area contributed by atoms with E-state index in [-0.39, 0.29) is 5.82 Å². The standard InChI is InChI=1S/C9H13N5/c1-6-7(4-10)9(11)13-8(12-6)5-14(2)3/h5H2,1-3H3,(H2,11,12,13). The van der Waals surface area contributed by atoms with Crippen LogP contribution in [0.2, 0.25) is 0 Å². The van der Waals surface area contributed by atoms with E-state index >= 15 is 0 Å². The fourth-order valence-corrected chi connectivity index (χ4v) is 1.15. The number of nitrogen functional groups attached to an aromatic ring is 1. The van der Waals surface area contributed by atoms with Gasteiger partial charge in [0.15, 0.2) is 0 Å². The summed E-state index contributed by atoms with van der Waals surface area (Å²) in [4.78, 5) is 10.2. The van der Waals surface area contributed by atoms with Crippen LogP contribution in [0.3, 0.4) is 0 Å². The van der Waals surface area contributed by atoms with Gasteiger partial charge < -0.3 is 10.6 Å². The molecule has 1 aromatic heterocycles. The van der Waals surface area contributed by atoms with Crippen LogP contribution in [0.5, 0.6) is 0 Å². The van der Waals surface area contributed by atoms with Crippen molar-refractivity contribution < 1.29 is 0 Å². The monoisotopic (exact) mass is 191 g/mol. The zero-order valence-corrected chi connectivity index (χ0v) is 8.57. The van der Waals surface area contributed by atoms with Gasteiger partial charge in [0.2, 0.25) is 0 Å². The maximum absolute atomic E-state index is 8.75. The molecule has 0 unspecified atom stereocenters. The topological polar surface area (TPSA) is 78.8 Å². The lowest BCUT2D eigenvalue weighted by Crippen LogP contribution is -2.15. The van der Waals surface area contributed by atoms with Gasteiger partial charge in [-0.3, -0.25) is 0 Å². The second kappa shape index (κ2) is 4.03. The van der Waals surface area contributed by atoms with Gasteiger partial charge in [-0.2, -0.15) is 5.26 Å². The van der Waals surface area contributed by atoms with Crippen molar-refractivity contribution >= 4 is 5.82 Å². The van der Waals surface area contributed by atoms with Gasteiger partial charge in [0.05, 0.1) is 12.2 Å². The summed E-state index contributed by atoms with van der Waals surface area (Å²) in [6.07, 6.45) is 0. The largest absolute Gasteiger partial charge is 0.382 e. The van der Waals surface area contributed by atoms with Crippen molar-refractivity contribution in [3.05, 3.63) is 17.1 Å². The molecule has 0 atom stereocenters. The van der Waals surface area contributed by atoms with E-state index in [1.165, 1.54) is 0 Å². The molecular formula is C9H13N5. The van der Waals surface area contributed by atoms with Crippen molar-refractivity contribution in [1.82, 2.24) is 14.9 Å². The summed E-state index contributed by atoms with van der Waals surface area (Å²) in [6, 6.07) is 1.98. The van der Waals surface area contributed by atoms with E-state index in [1.54, 1.807) is 6.92 Å². The molecule has 1 aromatic rings. The van der Waals surface area contributed by atoms with Gasteiger partial charge in [-0.05, 0) is 21.0 Å². The number of nitrogens with zero attached hydrogens (tertiary/aromatic N) is 4. The molecule has 1 rings (SSSR count). The molecule has 1 heterocycles. The normalized spacial score (nSPS) is 10.2. The highest BCUT2D eigenvalue weighted by Crippen LogP contribution is 2.11. The molecule has 0 spiro atoms. The minimum absolute atomic E-state index is 0.261. The first kappa shape index (κ1) is 10.4. The first-order valence-electron chi connectivity index (χ1n) is 4.22. The maximum Gasteiger partial charge on any atom is 0.145 e. The van der Waals surface area contributed by atoms with Gasteiger partial charge in [0.25, 0.3) is 0 Å². The molecule has 0 amide bonds. The Labute approximate surface area is 83.2 Å². The third kappa shape index (κ3) is 2.18. The lowest BCUT2D eigenvalue weighted by Gasteiger charge is -2.09. The van der Waals surface area contributed by atoms with E-state index in [4.69, 9.17) is 11.0 Å². The van der Waals surface area contributed by atoms with Gasteiger partial charge in [0.1, 0.15) is 23.3 Å². The Morgan fingerprint density at radius 3 is 2.50 bits per heavy atom. The number of nitriles is 1. The number of rotatable bonds is 2. The predicted octanol–water partition coefficient (Wildman–Crippen LogP) is 0.301. The maximum atomic E-state index is 8.75. The fraction of sp³-hybridized carbons (Fsp3) is 0.444. The molecule has 0 saturated carbocycles. The van der Waals surface area contributed by atoms with Crippen LogP contribution in [0, 0.1) is 18.3 Å². The molecule has 0 bridgehead atoms. The Bertz CT molecular complexity index is 354. The zero-order chi connectivity index (χ0) is 10.7. The van der Waals surface area contributed by atoms with Crippen molar-refractivity contribution in [2.45, 2.75) is 13.5 Å². The Morgan fingerprint density at radius 2 is 2.07 bits per heavy atom. The van der Waals surface area contributed by atoms with E-state index in [2.05, 4.69) is 9.97 Å². The molecule has 0 aliphatic rings. The van der Waals surface area contributed by atoms with Crippen LogP contribution in [-0.2, 0) is 6.54 Å². The molecule has 2 N–H and O–H groups in total. The molecule has 0 fully saturated rings. The highest BCUT2D eigenvalue weighted by atomic mass is 15.1. The summed E-state index contributed by atoms with van der Waals surface area (Å²) >= 11 is 0. The number of nitrogens with two attached hydrogens (primary N) is 1. The van der Waals surface area contributed by atoms with Crippen molar-refractivity contribution in [3.8, 4) is 6.07 Å². The quantitative estimate of drug-likeness (QED) is 0.727. The van der Waals surface area contributed by atoms with Crippen LogP contribution >= 0.6 is 0 Å². The minimum atomic E-state index is 0.261. The van der Waals surface area contributed by atoms with Crippen LogP contribution in [0.1, 0.15) is 17.1 Å². The molecule has 5 heteroatoms. The third-order valence-corrected chi connectivity index (χ3v) is 1.73. The first-order chi connectivity index (χ1) is 6.54. The Balaban J connectivity index is 3.09. The van der Waals surface area contributed by atoms with Gasteiger partial charge in [-0.1, -0.05) is 0 Å². The number of aromatic nitrogens is 2. The highest BCUT2D eigenvalue weighted by Gasteiger charge is 2.08. The number of hydrogen-bond donors (Lipinski definition) is 1. The lowest BCUT2D eigenvalue weighted by molar-refractivity contribution is 0.390. The molecule has 14 heavy (non-hydrogen) atoms. The van der Waals surface area contributed by atoms with Gasteiger partial charge in [0, 0.05) is 0 Å². The van der Waals surface area contributed by atoms with Crippen LogP contribution in [-0.4, -0.2) is 29.0 Å². The second-order valence-electron chi connectivity index (χ2n) is 3.34. The molecule has 74 valence electrons. The lowest BCUT2D eigenvalue weighted by atomic mass is 10.2. The molecule has 5 nitrogen and oxygen atoms in total. The fourth-order valence-electron chi connectivity index (χ4n) is 1.15. The summed E-state index contributed by atoms with van der Waals surface area (Å²) < 4.78 is 0. The van der Waals surface area contributed by atoms with Gasteiger partial charge in [-0.15, -0.1) is 0 Å². The third-order valence-electron chi connectivity index (χ3n) is 1.73. The summed E-state index contributed by atoms with van der Waals surface area (Å²) in [5.74, 6) is 0.904. The summed E-state index contributed by atoms with van der Waals surface area (Å²) in [7, 11) is 3.85. The number of hydrogen-bond acceptors (Lipinski definition) is 5. The average Bonchev–Trinajstić information content (AvgIpc) is 2.01. The second-order valence-corrected chi connectivity index (χ2v) is 3.34. The molecule has 0 aromatic carbocycles. The van der Waals surface area contributed by atoms with E-state index < -0.39 is 0 Å². The molecule has 0 aliphatic heterocycles. The Morgan fingerprint density at radius 1 is 1.43 bits per heavy atom. The molecular weight excluding hydrogens is 178 g/mol. The van der Waals surface area contributed by atoms with E-state index in [1.807, 2.05) is 25.1 Å². The summed E-state index contributed by atoms with van der Waals surface area (Å²) in [6.45, 7) is 2.38. The van der Waals surface area contributed by atoms with Crippen molar-refractivity contribution in [2.24, 2.45) is 0 Å². The minimum Gasteiger partial charge on any atom is -0.382 e.